The summed E-state index contributed by atoms with van der Waals surface area (Å²) in [6.45, 7) is 1.90. The molecular formula is C20H26N2O4S. The number of methoxy groups -OCH3 is 1. The predicted molar refractivity (Wildman–Crippen MR) is 106 cm³/mol. The van der Waals surface area contributed by atoms with Crippen LogP contribution in [0.15, 0.2) is 54.6 Å². The van der Waals surface area contributed by atoms with Crippen LogP contribution in [0.3, 0.4) is 0 Å². The summed E-state index contributed by atoms with van der Waals surface area (Å²) < 4.78 is 30.5. The van der Waals surface area contributed by atoms with Gasteiger partial charge in [-0.05, 0) is 36.6 Å². The molecule has 6 nitrogen and oxygen atoms in total. The molecule has 0 bridgehead atoms. The van der Waals surface area contributed by atoms with Gasteiger partial charge in [0.25, 0.3) is 0 Å². The molecular weight excluding hydrogens is 364 g/mol. The van der Waals surface area contributed by atoms with E-state index in [1.165, 1.54) is 4.31 Å². The molecule has 0 saturated heterocycles. The third-order valence-corrected chi connectivity index (χ3v) is 5.52. The molecule has 1 N–H and O–H groups in total. The zero-order valence-electron chi connectivity index (χ0n) is 15.9. The van der Waals surface area contributed by atoms with Crippen molar-refractivity contribution in [2.75, 3.05) is 26.5 Å². The molecule has 2 aromatic rings. The van der Waals surface area contributed by atoms with E-state index in [9.17, 15) is 13.2 Å². The third kappa shape index (κ3) is 6.69. The highest BCUT2D eigenvalue weighted by molar-refractivity contribution is 7.88. The van der Waals surface area contributed by atoms with Crippen LogP contribution >= 0.6 is 0 Å². The van der Waals surface area contributed by atoms with Gasteiger partial charge in [-0.15, -0.1) is 0 Å². The summed E-state index contributed by atoms with van der Waals surface area (Å²) in [5, 5.41) is 2.85. The normalized spacial score (nSPS) is 12.6. The quantitative estimate of drug-likeness (QED) is 0.713. The number of carbonyl (C=O) groups excluding carboxylic acids is 1. The molecule has 0 radical (unpaired) electrons. The number of sulfonamides is 1. The van der Waals surface area contributed by atoms with Crippen LogP contribution in [0.1, 0.15) is 24.1 Å². The van der Waals surface area contributed by atoms with Crippen molar-refractivity contribution in [1.82, 2.24) is 9.62 Å². The van der Waals surface area contributed by atoms with E-state index in [1.54, 1.807) is 7.11 Å². The Kier molecular flexibility index (Phi) is 7.38. The third-order valence-electron chi connectivity index (χ3n) is 4.27. The Labute approximate surface area is 161 Å². The first-order valence-electron chi connectivity index (χ1n) is 8.72. The molecule has 1 atom stereocenters. The number of nitrogens with zero attached hydrogens (tertiary/aromatic N) is 1. The molecule has 0 aliphatic rings. The molecule has 0 spiro atoms. The van der Waals surface area contributed by atoms with Crippen LogP contribution < -0.4 is 10.1 Å². The van der Waals surface area contributed by atoms with Crippen LogP contribution in [0.2, 0.25) is 0 Å². The Hall–Kier alpha value is -2.38. The number of ether oxygens (including phenoxy) is 1. The molecule has 0 aliphatic heterocycles. The van der Waals surface area contributed by atoms with Crippen LogP contribution in [-0.2, 0) is 21.2 Å². The van der Waals surface area contributed by atoms with Crippen molar-refractivity contribution in [1.29, 1.82) is 0 Å². The monoisotopic (exact) mass is 390 g/mol. The maximum atomic E-state index is 12.3. The van der Waals surface area contributed by atoms with Crippen molar-refractivity contribution < 1.29 is 17.9 Å². The summed E-state index contributed by atoms with van der Waals surface area (Å²) in [7, 11) is -1.90. The summed E-state index contributed by atoms with van der Waals surface area (Å²) >= 11 is 0. The lowest BCUT2D eigenvalue weighted by atomic mass is 10.1. The van der Waals surface area contributed by atoms with Gasteiger partial charge in [0, 0.05) is 6.54 Å². The number of rotatable bonds is 9. The summed E-state index contributed by atoms with van der Waals surface area (Å²) in [5.74, 6) is 0.416. The number of benzene rings is 2. The van der Waals surface area contributed by atoms with Gasteiger partial charge in [0.1, 0.15) is 5.75 Å². The summed E-state index contributed by atoms with van der Waals surface area (Å²) in [4.78, 5) is 12.3. The van der Waals surface area contributed by atoms with Gasteiger partial charge in [0.05, 0.1) is 26.0 Å². The minimum Gasteiger partial charge on any atom is -0.497 e. The van der Waals surface area contributed by atoms with Crippen LogP contribution in [0.4, 0.5) is 0 Å². The number of amides is 1. The van der Waals surface area contributed by atoms with E-state index in [-0.39, 0.29) is 25.0 Å². The Bertz CT molecular complexity index is 836. The minimum atomic E-state index is -3.50. The van der Waals surface area contributed by atoms with Gasteiger partial charge in [0.2, 0.25) is 15.9 Å². The second-order valence-electron chi connectivity index (χ2n) is 6.39. The van der Waals surface area contributed by atoms with E-state index in [0.717, 1.165) is 23.1 Å². The first kappa shape index (κ1) is 20.9. The molecule has 1 unspecified atom stereocenters. The fourth-order valence-electron chi connectivity index (χ4n) is 2.68. The highest BCUT2D eigenvalue weighted by atomic mass is 32.2. The average molecular weight is 391 g/mol. The van der Waals surface area contributed by atoms with Crippen LogP contribution in [0.5, 0.6) is 5.75 Å². The average Bonchev–Trinajstić information content (AvgIpc) is 2.65. The molecule has 0 saturated carbocycles. The number of hydrogen-bond acceptors (Lipinski definition) is 4. The maximum absolute atomic E-state index is 12.3. The van der Waals surface area contributed by atoms with Crippen LogP contribution in [0, 0.1) is 0 Å². The standard InChI is InChI=1S/C20H26N2O4S/c1-16(18-7-5-4-6-8-18)21-20(23)15-22(27(3,24)25)14-13-17-9-11-19(26-2)12-10-17/h4-12,16H,13-15H2,1-3H3,(H,21,23). The first-order valence-corrected chi connectivity index (χ1v) is 10.6. The maximum Gasteiger partial charge on any atom is 0.235 e. The highest BCUT2D eigenvalue weighted by Crippen LogP contribution is 2.13. The molecule has 1 amide bonds. The number of nitrogens with one attached hydrogen (secondary N) is 1. The Morgan fingerprint density at radius 3 is 2.30 bits per heavy atom. The predicted octanol–water partition coefficient (Wildman–Crippen LogP) is 2.38. The zero-order valence-corrected chi connectivity index (χ0v) is 16.7. The van der Waals surface area contributed by atoms with Crippen LogP contribution in [-0.4, -0.2) is 45.1 Å². The molecule has 7 heteroatoms. The van der Waals surface area contributed by atoms with Crippen molar-refractivity contribution in [2.24, 2.45) is 0 Å². The number of carbonyl (C=O) groups is 1. The van der Waals surface area contributed by atoms with Crippen molar-refractivity contribution in [2.45, 2.75) is 19.4 Å². The zero-order chi connectivity index (χ0) is 19.9. The summed E-state index contributed by atoms with van der Waals surface area (Å²) in [6.07, 6.45) is 1.63. The molecule has 2 rings (SSSR count). The van der Waals surface area contributed by atoms with Crippen LogP contribution in [0.25, 0.3) is 0 Å². The smallest absolute Gasteiger partial charge is 0.235 e. The second-order valence-corrected chi connectivity index (χ2v) is 8.38. The van der Waals surface area contributed by atoms with E-state index in [4.69, 9.17) is 4.74 Å². The molecule has 2 aromatic carbocycles. The summed E-state index contributed by atoms with van der Waals surface area (Å²) in [5.41, 5.74) is 1.94. The SMILES string of the molecule is COc1ccc(CCN(CC(=O)NC(C)c2ccccc2)S(C)(=O)=O)cc1. The Balaban J connectivity index is 1.96. The fourth-order valence-corrected chi connectivity index (χ4v) is 3.46. The van der Waals surface area contributed by atoms with Gasteiger partial charge in [-0.25, -0.2) is 8.42 Å². The van der Waals surface area contributed by atoms with Gasteiger partial charge < -0.3 is 10.1 Å². The molecule has 146 valence electrons. The van der Waals surface area contributed by atoms with Crippen molar-refractivity contribution in [3.05, 3.63) is 65.7 Å². The van der Waals surface area contributed by atoms with Crippen molar-refractivity contribution >= 4 is 15.9 Å². The van der Waals surface area contributed by atoms with Crippen molar-refractivity contribution in [3.63, 3.8) is 0 Å². The Morgan fingerprint density at radius 2 is 1.74 bits per heavy atom. The molecule has 0 aliphatic carbocycles. The lowest BCUT2D eigenvalue weighted by molar-refractivity contribution is -0.121. The first-order chi connectivity index (χ1) is 12.8. The van der Waals surface area contributed by atoms with Gasteiger partial charge in [-0.1, -0.05) is 42.5 Å². The van der Waals surface area contributed by atoms with Gasteiger partial charge >= 0.3 is 0 Å². The van der Waals surface area contributed by atoms with E-state index >= 15 is 0 Å². The molecule has 27 heavy (non-hydrogen) atoms. The molecule has 0 fully saturated rings. The summed E-state index contributed by atoms with van der Waals surface area (Å²) in [6, 6.07) is 16.8. The van der Waals surface area contributed by atoms with E-state index in [0.29, 0.717) is 6.42 Å². The van der Waals surface area contributed by atoms with Gasteiger partial charge in [-0.2, -0.15) is 4.31 Å². The van der Waals surface area contributed by atoms with Gasteiger partial charge in [-0.3, -0.25) is 4.79 Å². The lowest BCUT2D eigenvalue weighted by Crippen LogP contribution is -2.41. The van der Waals surface area contributed by atoms with Crippen molar-refractivity contribution in [3.8, 4) is 5.75 Å². The minimum absolute atomic E-state index is 0.193. The highest BCUT2D eigenvalue weighted by Gasteiger charge is 2.21. The second kappa shape index (κ2) is 9.53. The largest absolute Gasteiger partial charge is 0.497 e. The van der Waals surface area contributed by atoms with E-state index in [1.807, 2.05) is 61.5 Å². The molecule has 0 heterocycles. The molecule has 0 aromatic heterocycles. The fraction of sp³-hybridized carbons (Fsp3) is 0.350. The lowest BCUT2D eigenvalue weighted by Gasteiger charge is -2.21. The van der Waals surface area contributed by atoms with E-state index < -0.39 is 10.0 Å². The van der Waals surface area contributed by atoms with E-state index in [2.05, 4.69) is 5.32 Å². The number of hydrogen-bond donors (Lipinski definition) is 1. The van der Waals surface area contributed by atoms with Gasteiger partial charge in [0.15, 0.2) is 0 Å². The Morgan fingerprint density at radius 1 is 1.11 bits per heavy atom. The topological polar surface area (TPSA) is 75.7 Å².